The van der Waals surface area contributed by atoms with Crippen LogP contribution in [0.3, 0.4) is 0 Å². The standard InChI is InChI=1S/C22H42N6/c1-7-9-13-28-14-11-10-12-20(28)16-24-22(23-8-2)25-17(3)15-21-18(4)26-27(6)19(21)5/h17,20H,7-16H2,1-6H3,(H2,23,24,25). The molecule has 1 aliphatic rings. The highest BCUT2D eigenvalue weighted by atomic mass is 15.3. The molecule has 0 aliphatic carbocycles. The molecule has 1 fully saturated rings. The summed E-state index contributed by atoms with van der Waals surface area (Å²) >= 11 is 0. The number of aromatic nitrogens is 2. The van der Waals surface area contributed by atoms with E-state index in [-0.39, 0.29) is 0 Å². The molecule has 6 heteroatoms. The number of likely N-dealkylation sites (tertiary alicyclic amines) is 1. The molecule has 0 saturated carbocycles. The number of aryl methyl sites for hydroxylation is 2. The van der Waals surface area contributed by atoms with Crippen molar-refractivity contribution in [1.82, 2.24) is 25.3 Å². The number of aliphatic imine (C=N–C) groups is 1. The van der Waals surface area contributed by atoms with Crippen molar-refractivity contribution in [2.24, 2.45) is 12.0 Å². The average molecular weight is 391 g/mol. The predicted octanol–water partition coefficient (Wildman–Crippen LogP) is 3.18. The number of unbranched alkanes of at least 4 members (excludes halogenated alkanes) is 1. The number of rotatable bonds is 9. The Balaban J connectivity index is 1.96. The van der Waals surface area contributed by atoms with Gasteiger partial charge >= 0.3 is 0 Å². The normalized spacial score (nSPS) is 19.6. The predicted molar refractivity (Wildman–Crippen MR) is 119 cm³/mol. The van der Waals surface area contributed by atoms with E-state index >= 15 is 0 Å². The third-order valence-electron chi connectivity index (χ3n) is 5.90. The smallest absolute Gasteiger partial charge is 0.191 e. The molecule has 2 atom stereocenters. The molecular weight excluding hydrogens is 348 g/mol. The van der Waals surface area contributed by atoms with Crippen LogP contribution in [0.4, 0.5) is 0 Å². The molecule has 0 aromatic carbocycles. The summed E-state index contributed by atoms with van der Waals surface area (Å²) in [6.45, 7) is 15.1. The van der Waals surface area contributed by atoms with E-state index in [0.717, 1.165) is 31.2 Å². The van der Waals surface area contributed by atoms with Gasteiger partial charge < -0.3 is 10.6 Å². The monoisotopic (exact) mass is 390 g/mol. The quantitative estimate of drug-likeness (QED) is 0.502. The van der Waals surface area contributed by atoms with Crippen LogP contribution >= 0.6 is 0 Å². The number of guanidine groups is 1. The van der Waals surface area contributed by atoms with Crippen LogP contribution in [0.25, 0.3) is 0 Å². The molecule has 2 heterocycles. The number of nitrogens with one attached hydrogen (secondary N) is 2. The second-order valence-electron chi connectivity index (χ2n) is 8.28. The van der Waals surface area contributed by atoms with E-state index in [1.54, 1.807) is 0 Å². The molecule has 1 saturated heterocycles. The lowest BCUT2D eigenvalue weighted by Crippen LogP contribution is -2.45. The van der Waals surface area contributed by atoms with Gasteiger partial charge in [0.2, 0.25) is 0 Å². The van der Waals surface area contributed by atoms with E-state index in [0.29, 0.717) is 12.1 Å². The lowest BCUT2D eigenvalue weighted by Gasteiger charge is -2.35. The Morgan fingerprint density at radius 1 is 1.29 bits per heavy atom. The maximum absolute atomic E-state index is 4.96. The zero-order valence-corrected chi connectivity index (χ0v) is 19.0. The van der Waals surface area contributed by atoms with E-state index in [2.05, 4.69) is 55.3 Å². The fourth-order valence-electron chi connectivity index (χ4n) is 4.14. The molecular formula is C22H42N6. The summed E-state index contributed by atoms with van der Waals surface area (Å²) in [6.07, 6.45) is 7.46. The molecule has 0 amide bonds. The van der Waals surface area contributed by atoms with Gasteiger partial charge in [0.05, 0.1) is 12.2 Å². The summed E-state index contributed by atoms with van der Waals surface area (Å²) in [5.41, 5.74) is 3.72. The average Bonchev–Trinajstić information content (AvgIpc) is 2.91. The van der Waals surface area contributed by atoms with Gasteiger partial charge in [0.1, 0.15) is 0 Å². The van der Waals surface area contributed by atoms with Gasteiger partial charge in [-0.2, -0.15) is 5.10 Å². The SMILES string of the molecule is CCCCN1CCCCC1CN=C(NCC)NC(C)Cc1c(C)nn(C)c1C. The van der Waals surface area contributed by atoms with Crippen molar-refractivity contribution in [2.75, 3.05) is 26.2 Å². The van der Waals surface area contributed by atoms with Crippen molar-refractivity contribution in [3.63, 3.8) is 0 Å². The second-order valence-corrected chi connectivity index (χ2v) is 8.28. The van der Waals surface area contributed by atoms with Crippen molar-refractivity contribution in [3.05, 3.63) is 17.0 Å². The van der Waals surface area contributed by atoms with E-state index in [4.69, 9.17) is 4.99 Å². The Bertz CT molecular complexity index is 621. The van der Waals surface area contributed by atoms with E-state index in [9.17, 15) is 0 Å². The summed E-state index contributed by atoms with van der Waals surface area (Å²) in [5.74, 6) is 0.940. The van der Waals surface area contributed by atoms with Gasteiger partial charge in [-0.25, -0.2) is 0 Å². The first kappa shape index (κ1) is 22.7. The third-order valence-corrected chi connectivity index (χ3v) is 5.90. The molecule has 0 spiro atoms. The van der Waals surface area contributed by atoms with Gasteiger partial charge in [-0.3, -0.25) is 14.6 Å². The van der Waals surface area contributed by atoms with Gasteiger partial charge in [-0.05, 0) is 72.0 Å². The minimum atomic E-state index is 0.307. The van der Waals surface area contributed by atoms with Gasteiger partial charge in [0.15, 0.2) is 5.96 Å². The highest BCUT2D eigenvalue weighted by Crippen LogP contribution is 2.18. The molecule has 0 radical (unpaired) electrons. The van der Waals surface area contributed by atoms with Crippen LogP contribution in [0, 0.1) is 13.8 Å². The fourth-order valence-corrected chi connectivity index (χ4v) is 4.14. The Morgan fingerprint density at radius 3 is 2.71 bits per heavy atom. The Kier molecular flexibility index (Phi) is 9.29. The fraction of sp³-hybridized carbons (Fsp3) is 0.818. The summed E-state index contributed by atoms with van der Waals surface area (Å²) < 4.78 is 1.98. The van der Waals surface area contributed by atoms with Gasteiger partial charge in [-0.1, -0.05) is 19.8 Å². The lowest BCUT2D eigenvalue weighted by atomic mass is 10.0. The van der Waals surface area contributed by atoms with E-state index in [1.165, 1.54) is 56.5 Å². The summed E-state index contributed by atoms with van der Waals surface area (Å²) in [7, 11) is 2.02. The van der Waals surface area contributed by atoms with Crippen LogP contribution in [0.15, 0.2) is 4.99 Å². The van der Waals surface area contributed by atoms with Crippen LogP contribution < -0.4 is 10.6 Å². The van der Waals surface area contributed by atoms with Crippen LogP contribution in [0.5, 0.6) is 0 Å². The minimum Gasteiger partial charge on any atom is -0.357 e. The maximum Gasteiger partial charge on any atom is 0.191 e. The topological polar surface area (TPSA) is 57.5 Å². The summed E-state index contributed by atoms with van der Waals surface area (Å²) in [4.78, 5) is 7.62. The zero-order chi connectivity index (χ0) is 20.5. The van der Waals surface area contributed by atoms with Crippen LogP contribution in [0.1, 0.15) is 69.8 Å². The highest BCUT2D eigenvalue weighted by Gasteiger charge is 2.22. The first-order valence-electron chi connectivity index (χ1n) is 11.2. The molecule has 1 aromatic rings. The molecule has 0 bridgehead atoms. The maximum atomic E-state index is 4.96. The number of piperidine rings is 1. The molecule has 28 heavy (non-hydrogen) atoms. The number of hydrogen-bond donors (Lipinski definition) is 2. The molecule has 1 aromatic heterocycles. The Morgan fingerprint density at radius 2 is 2.07 bits per heavy atom. The first-order chi connectivity index (χ1) is 13.5. The van der Waals surface area contributed by atoms with Crippen molar-refractivity contribution >= 4 is 5.96 Å². The largest absolute Gasteiger partial charge is 0.357 e. The lowest BCUT2D eigenvalue weighted by molar-refractivity contribution is 0.151. The van der Waals surface area contributed by atoms with Crippen LogP contribution in [-0.2, 0) is 13.5 Å². The number of nitrogens with zero attached hydrogens (tertiary/aromatic N) is 4. The van der Waals surface area contributed by atoms with Gasteiger partial charge in [0, 0.05) is 31.4 Å². The number of hydrogen-bond acceptors (Lipinski definition) is 3. The molecule has 2 rings (SSSR count). The van der Waals surface area contributed by atoms with E-state index in [1.807, 2.05) is 11.7 Å². The molecule has 6 nitrogen and oxygen atoms in total. The minimum absolute atomic E-state index is 0.307. The van der Waals surface area contributed by atoms with Crippen molar-refractivity contribution in [2.45, 2.75) is 85.2 Å². The molecule has 2 N–H and O–H groups in total. The zero-order valence-electron chi connectivity index (χ0n) is 19.0. The Hall–Kier alpha value is -1.56. The van der Waals surface area contributed by atoms with E-state index < -0.39 is 0 Å². The Labute approximate surface area is 172 Å². The summed E-state index contributed by atoms with van der Waals surface area (Å²) in [6, 6.07) is 0.899. The second kappa shape index (κ2) is 11.4. The highest BCUT2D eigenvalue weighted by molar-refractivity contribution is 5.80. The van der Waals surface area contributed by atoms with Crippen LogP contribution in [-0.4, -0.2) is 58.9 Å². The van der Waals surface area contributed by atoms with Crippen molar-refractivity contribution < 1.29 is 0 Å². The first-order valence-corrected chi connectivity index (χ1v) is 11.2. The van der Waals surface area contributed by atoms with Crippen molar-refractivity contribution in [1.29, 1.82) is 0 Å². The van der Waals surface area contributed by atoms with Crippen LogP contribution in [0.2, 0.25) is 0 Å². The van der Waals surface area contributed by atoms with Gasteiger partial charge in [0.25, 0.3) is 0 Å². The van der Waals surface area contributed by atoms with Crippen molar-refractivity contribution in [3.8, 4) is 0 Å². The summed E-state index contributed by atoms with van der Waals surface area (Å²) in [5, 5.41) is 11.6. The third kappa shape index (κ3) is 6.50. The van der Waals surface area contributed by atoms with Gasteiger partial charge in [-0.15, -0.1) is 0 Å². The molecule has 160 valence electrons. The molecule has 1 aliphatic heterocycles. The molecule has 2 unspecified atom stereocenters.